The minimum atomic E-state index is -3.60. The molecule has 0 bridgehead atoms. The fraction of sp³-hybridized carbons (Fsp3) is 0.583. The van der Waals surface area contributed by atoms with Crippen LogP contribution in [0.3, 0.4) is 0 Å². The summed E-state index contributed by atoms with van der Waals surface area (Å²) in [5.41, 5.74) is 0. The molecule has 1 heterocycles. The summed E-state index contributed by atoms with van der Waals surface area (Å²) in [7, 11) is -3.60. The fourth-order valence-electron chi connectivity index (χ4n) is 2.40. The molecule has 0 aromatic carbocycles. The Morgan fingerprint density at radius 3 is 2.79 bits per heavy atom. The average molecular weight is 303 g/mol. The molecule has 19 heavy (non-hydrogen) atoms. The van der Waals surface area contributed by atoms with Crippen LogP contribution < -0.4 is 4.72 Å². The molecule has 1 aromatic rings. The second kappa shape index (κ2) is 5.60. The standard InChI is InChI=1S/C12H17NO4S2/c1-8-3-2-4-9(5-8)13-19(16,17)10-6-11(12(14)15)18-7-10/h6-9,13H,2-5H2,1H3,(H,14,15). The molecule has 1 aromatic heterocycles. The van der Waals surface area contributed by atoms with Crippen molar-refractivity contribution in [3.05, 3.63) is 16.3 Å². The molecule has 0 radical (unpaired) electrons. The molecule has 1 aliphatic rings. The highest BCUT2D eigenvalue weighted by molar-refractivity contribution is 7.89. The Morgan fingerprint density at radius 1 is 1.47 bits per heavy atom. The van der Waals surface area contributed by atoms with Crippen LogP contribution in [0.5, 0.6) is 0 Å². The molecule has 1 saturated carbocycles. The van der Waals surface area contributed by atoms with Crippen molar-refractivity contribution in [2.45, 2.75) is 43.5 Å². The van der Waals surface area contributed by atoms with E-state index in [1.165, 1.54) is 11.4 Å². The Kier molecular flexibility index (Phi) is 4.27. The van der Waals surface area contributed by atoms with Gasteiger partial charge in [-0.15, -0.1) is 11.3 Å². The van der Waals surface area contributed by atoms with E-state index >= 15 is 0 Å². The van der Waals surface area contributed by atoms with E-state index in [9.17, 15) is 13.2 Å². The normalized spacial score (nSPS) is 24.3. The van der Waals surface area contributed by atoms with Crippen molar-refractivity contribution in [2.24, 2.45) is 5.92 Å². The maximum absolute atomic E-state index is 12.1. The first-order valence-electron chi connectivity index (χ1n) is 6.22. The Bertz CT molecular complexity index is 564. The van der Waals surface area contributed by atoms with Gasteiger partial charge in [-0.3, -0.25) is 0 Å². The van der Waals surface area contributed by atoms with Crippen LogP contribution in [0.2, 0.25) is 0 Å². The lowest BCUT2D eigenvalue weighted by atomic mass is 9.88. The van der Waals surface area contributed by atoms with Crippen LogP contribution in [0.15, 0.2) is 16.3 Å². The van der Waals surface area contributed by atoms with E-state index in [0.717, 1.165) is 37.0 Å². The number of nitrogens with one attached hydrogen (secondary N) is 1. The molecule has 7 heteroatoms. The van der Waals surface area contributed by atoms with E-state index in [0.29, 0.717) is 5.92 Å². The van der Waals surface area contributed by atoms with Crippen LogP contribution in [0.4, 0.5) is 0 Å². The summed E-state index contributed by atoms with van der Waals surface area (Å²) in [5, 5.41) is 10.2. The fourth-order valence-corrected chi connectivity index (χ4v) is 4.80. The zero-order valence-corrected chi connectivity index (χ0v) is 12.3. The molecule has 0 saturated heterocycles. The first-order valence-corrected chi connectivity index (χ1v) is 8.59. The van der Waals surface area contributed by atoms with Gasteiger partial charge in [0.15, 0.2) is 0 Å². The first-order chi connectivity index (χ1) is 8.88. The predicted molar refractivity (Wildman–Crippen MR) is 73.0 cm³/mol. The maximum atomic E-state index is 12.1. The summed E-state index contributed by atoms with van der Waals surface area (Å²) in [6, 6.07) is 1.17. The molecular formula is C12H17NO4S2. The topological polar surface area (TPSA) is 83.5 Å². The third-order valence-corrected chi connectivity index (χ3v) is 5.92. The average Bonchev–Trinajstić information content (AvgIpc) is 2.78. The summed E-state index contributed by atoms with van der Waals surface area (Å²) in [4.78, 5) is 10.9. The number of carbonyl (C=O) groups is 1. The van der Waals surface area contributed by atoms with Gasteiger partial charge >= 0.3 is 5.97 Å². The molecule has 0 spiro atoms. The second-order valence-electron chi connectivity index (χ2n) is 5.04. The smallest absolute Gasteiger partial charge is 0.345 e. The van der Waals surface area contributed by atoms with Gasteiger partial charge < -0.3 is 5.11 Å². The molecule has 2 N–H and O–H groups in total. The zero-order chi connectivity index (χ0) is 14.0. The molecule has 0 aliphatic heterocycles. The van der Waals surface area contributed by atoms with Gasteiger partial charge in [-0.1, -0.05) is 19.8 Å². The van der Waals surface area contributed by atoms with Crippen molar-refractivity contribution >= 4 is 27.3 Å². The van der Waals surface area contributed by atoms with Crippen LogP contribution in [0.25, 0.3) is 0 Å². The molecule has 5 nitrogen and oxygen atoms in total. The Morgan fingerprint density at radius 2 is 2.21 bits per heavy atom. The lowest BCUT2D eigenvalue weighted by molar-refractivity contribution is 0.0702. The van der Waals surface area contributed by atoms with Gasteiger partial charge in [-0.05, 0) is 24.8 Å². The molecule has 2 unspecified atom stereocenters. The van der Waals surface area contributed by atoms with Crippen molar-refractivity contribution < 1.29 is 18.3 Å². The molecule has 2 atom stereocenters. The van der Waals surface area contributed by atoms with E-state index in [1.807, 2.05) is 0 Å². The van der Waals surface area contributed by atoms with Crippen molar-refractivity contribution in [1.82, 2.24) is 4.72 Å². The molecule has 2 rings (SSSR count). The molecule has 1 aliphatic carbocycles. The van der Waals surface area contributed by atoms with Crippen LogP contribution in [-0.2, 0) is 10.0 Å². The SMILES string of the molecule is CC1CCCC(NS(=O)(=O)c2csc(C(=O)O)c2)C1. The lowest BCUT2D eigenvalue weighted by Gasteiger charge is -2.27. The van der Waals surface area contributed by atoms with E-state index in [-0.39, 0.29) is 15.8 Å². The van der Waals surface area contributed by atoms with Crippen LogP contribution in [-0.4, -0.2) is 25.5 Å². The summed E-state index contributed by atoms with van der Waals surface area (Å²) in [6.45, 7) is 2.12. The molecule has 106 valence electrons. The van der Waals surface area contributed by atoms with Gasteiger partial charge in [0, 0.05) is 11.4 Å². The van der Waals surface area contributed by atoms with Crippen molar-refractivity contribution in [3.8, 4) is 0 Å². The van der Waals surface area contributed by atoms with Crippen LogP contribution >= 0.6 is 11.3 Å². The number of thiophene rings is 1. The number of carboxylic acid groups (broad SMARTS) is 1. The first kappa shape index (κ1) is 14.5. The van der Waals surface area contributed by atoms with Crippen LogP contribution in [0.1, 0.15) is 42.3 Å². The van der Waals surface area contributed by atoms with Crippen molar-refractivity contribution in [1.29, 1.82) is 0 Å². The van der Waals surface area contributed by atoms with E-state index in [2.05, 4.69) is 11.6 Å². The summed E-state index contributed by atoms with van der Waals surface area (Å²) < 4.78 is 27.0. The van der Waals surface area contributed by atoms with Crippen molar-refractivity contribution in [3.63, 3.8) is 0 Å². The van der Waals surface area contributed by atoms with E-state index in [1.54, 1.807) is 0 Å². The second-order valence-corrected chi connectivity index (χ2v) is 7.67. The largest absolute Gasteiger partial charge is 0.477 e. The zero-order valence-electron chi connectivity index (χ0n) is 10.6. The number of rotatable bonds is 4. The molecule has 1 fully saturated rings. The third-order valence-electron chi connectivity index (χ3n) is 3.35. The highest BCUT2D eigenvalue weighted by Crippen LogP contribution is 2.26. The predicted octanol–water partition coefficient (Wildman–Crippen LogP) is 2.30. The van der Waals surface area contributed by atoms with Gasteiger partial charge in [-0.2, -0.15) is 0 Å². The van der Waals surface area contributed by atoms with E-state index in [4.69, 9.17) is 5.11 Å². The third kappa shape index (κ3) is 3.55. The van der Waals surface area contributed by atoms with Crippen molar-refractivity contribution in [2.75, 3.05) is 0 Å². The number of hydrogen-bond acceptors (Lipinski definition) is 4. The van der Waals surface area contributed by atoms with Gasteiger partial charge in [0.2, 0.25) is 10.0 Å². The number of sulfonamides is 1. The Balaban J connectivity index is 2.10. The molecular weight excluding hydrogens is 286 g/mol. The maximum Gasteiger partial charge on any atom is 0.345 e. The highest BCUT2D eigenvalue weighted by Gasteiger charge is 2.25. The van der Waals surface area contributed by atoms with Gasteiger partial charge in [0.25, 0.3) is 0 Å². The number of aromatic carboxylic acids is 1. The van der Waals surface area contributed by atoms with Crippen LogP contribution in [0, 0.1) is 5.92 Å². The summed E-state index contributed by atoms with van der Waals surface area (Å²) in [6.07, 6.45) is 3.85. The van der Waals surface area contributed by atoms with Gasteiger partial charge in [0.05, 0.1) is 4.90 Å². The Hall–Kier alpha value is -0.920. The minimum absolute atomic E-state index is 0.0392. The minimum Gasteiger partial charge on any atom is -0.477 e. The lowest BCUT2D eigenvalue weighted by Crippen LogP contribution is -2.37. The summed E-state index contributed by atoms with van der Waals surface area (Å²) >= 11 is 0.928. The number of carboxylic acids is 1. The molecule has 0 amide bonds. The van der Waals surface area contributed by atoms with Gasteiger partial charge in [-0.25, -0.2) is 17.9 Å². The quantitative estimate of drug-likeness (QED) is 0.894. The monoisotopic (exact) mass is 303 g/mol. The van der Waals surface area contributed by atoms with E-state index < -0.39 is 16.0 Å². The Labute approximate surface area is 116 Å². The summed E-state index contributed by atoms with van der Waals surface area (Å²) in [5.74, 6) is -0.573. The highest BCUT2D eigenvalue weighted by atomic mass is 32.2. The van der Waals surface area contributed by atoms with Gasteiger partial charge in [0.1, 0.15) is 4.88 Å². The number of hydrogen-bond donors (Lipinski definition) is 2.